The van der Waals surface area contributed by atoms with E-state index in [0.717, 1.165) is 28.2 Å². The molecule has 0 spiro atoms. The van der Waals surface area contributed by atoms with E-state index in [2.05, 4.69) is 20.8 Å². The average Bonchev–Trinajstić information content (AvgIpc) is 3.19. The minimum Gasteiger partial charge on any atom is -0.350 e. The number of aromatic nitrogens is 4. The van der Waals surface area contributed by atoms with Crippen LogP contribution in [0.4, 0.5) is 0 Å². The van der Waals surface area contributed by atoms with E-state index in [1.165, 1.54) is 0 Å². The monoisotopic (exact) mass is 388 g/mol. The molecule has 3 rings (SSSR count). The number of likely N-dealkylation sites (N-methyl/N-ethyl adjacent to an activating group) is 1. The lowest BCUT2D eigenvalue weighted by molar-refractivity contribution is -0.123. The van der Waals surface area contributed by atoms with Crippen LogP contribution in [0.2, 0.25) is 0 Å². The van der Waals surface area contributed by atoms with Crippen molar-refractivity contribution in [1.82, 2.24) is 30.2 Å². The van der Waals surface area contributed by atoms with Crippen molar-refractivity contribution in [3.8, 4) is 5.69 Å². The summed E-state index contributed by atoms with van der Waals surface area (Å²) in [5.74, 6) is -0.0938. The summed E-state index contributed by atoms with van der Waals surface area (Å²) >= 11 is 0. The number of nitrogens with zero attached hydrogens (tertiary/aromatic N) is 4. The molecule has 0 radical (unpaired) electrons. The predicted molar refractivity (Wildman–Crippen MR) is 107 cm³/mol. The number of carbonyl (C=O) groups is 1. The third-order valence-electron chi connectivity index (χ3n) is 4.29. The van der Waals surface area contributed by atoms with Gasteiger partial charge in [-0.25, -0.2) is 4.68 Å². The van der Waals surface area contributed by atoms with Gasteiger partial charge in [-0.05, 0) is 38.6 Å². The zero-order valence-corrected chi connectivity index (χ0v) is 16.7. The van der Waals surface area contributed by atoms with E-state index in [0.29, 0.717) is 6.54 Å². The van der Waals surface area contributed by atoms with Gasteiger partial charge in [0.1, 0.15) is 6.04 Å². The Hall–Kier alpha value is -2.64. The van der Waals surface area contributed by atoms with Crippen LogP contribution in [0.3, 0.4) is 0 Å². The van der Waals surface area contributed by atoms with Gasteiger partial charge in [0.2, 0.25) is 5.91 Å². The first-order valence-corrected chi connectivity index (χ1v) is 8.54. The van der Waals surface area contributed by atoms with Crippen molar-refractivity contribution in [2.75, 3.05) is 7.05 Å². The van der Waals surface area contributed by atoms with Gasteiger partial charge in [0.25, 0.3) is 0 Å². The van der Waals surface area contributed by atoms with Gasteiger partial charge in [-0.1, -0.05) is 18.2 Å². The van der Waals surface area contributed by atoms with Crippen molar-refractivity contribution in [3.05, 3.63) is 65.2 Å². The van der Waals surface area contributed by atoms with Crippen molar-refractivity contribution in [2.24, 2.45) is 7.05 Å². The number of carbonyl (C=O) groups excluding carboxylic acids is 1. The highest BCUT2D eigenvalue weighted by Gasteiger charge is 2.20. The van der Waals surface area contributed by atoms with Crippen molar-refractivity contribution < 1.29 is 4.79 Å². The van der Waals surface area contributed by atoms with Crippen molar-refractivity contribution in [1.29, 1.82) is 0 Å². The fraction of sp³-hybridized carbons (Fsp3) is 0.316. The van der Waals surface area contributed by atoms with Gasteiger partial charge >= 0.3 is 0 Å². The summed E-state index contributed by atoms with van der Waals surface area (Å²) in [5.41, 5.74) is 4.84. The van der Waals surface area contributed by atoms with E-state index in [1.807, 2.05) is 62.1 Å². The second-order valence-electron chi connectivity index (χ2n) is 6.35. The van der Waals surface area contributed by atoms with E-state index in [-0.39, 0.29) is 18.3 Å². The quantitative estimate of drug-likeness (QED) is 0.678. The van der Waals surface area contributed by atoms with Crippen LogP contribution in [0.5, 0.6) is 0 Å². The summed E-state index contributed by atoms with van der Waals surface area (Å²) in [6.07, 6.45) is 3.54. The van der Waals surface area contributed by atoms with Gasteiger partial charge in [0.15, 0.2) is 0 Å². The Morgan fingerprint density at radius 3 is 2.59 bits per heavy atom. The molecular formula is C19H25ClN6O. The second kappa shape index (κ2) is 8.83. The molecule has 0 saturated heterocycles. The number of para-hydroxylation sites is 1. The van der Waals surface area contributed by atoms with E-state index in [4.69, 9.17) is 0 Å². The fourth-order valence-electron chi connectivity index (χ4n) is 3.06. The Labute approximate surface area is 165 Å². The number of rotatable bonds is 6. The van der Waals surface area contributed by atoms with Gasteiger partial charge in [-0.2, -0.15) is 10.2 Å². The minimum atomic E-state index is -0.440. The highest BCUT2D eigenvalue weighted by atomic mass is 35.5. The maximum atomic E-state index is 12.6. The molecule has 144 valence electrons. The standard InChI is InChI=1S/C19H24N6O.ClH/c1-13-9-14(2)25(23-13)17-8-6-5-7-15(17)10-21-19(26)18(20-3)16-11-22-24(4)12-16;/h5-9,11-12,18,20H,10H2,1-4H3,(H,21,26);1H. The van der Waals surface area contributed by atoms with Crippen LogP contribution >= 0.6 is 12.4 Å². The highest BCUT2D eigenvalue weighted by molar-refractivity contribution is 5.85. The number of aryl methyl sites for hydroxylation is 3. The Balaban J connectivity index is 0.00000261. The van der Waals surface area contributed by atoms with Crippen molar-refractivity contribution in [3.63, 3.8) is 0 Å². The van der Waals surface area contributed by atoms with Crippen molar-refractivity contribution in [2.45, 2.75) is 26.4 Å². The molecule has 0 saturated carbocycles. The molecule has 0 aliphatic carbocycles. The third kappa shape index (κ3) is 4.56. The van der Waals surface area contributed by atoms with E-state index in [9.17, 15) is 4.79 Å². The molecule has 3 aromatic rings. The first-order valence-electron chi connectivity index (χ1n) is 8.54. The molecule has 1 unspecified atom stereocenters. The summed E-state index contributed by atoms with van der Waals surface area (Å²) in [6.45, 7) is 4.42. The lowest BCUT2D eigenvalue weighted by Crippen LogP contribution is -2.35. The summed E-state index contributed by atoms with van der Waals surface area (Å²) in [4.78, 5) is 12.6. The predicted octanol–water partition coefficient (Wildman–Crippen LogP) is 2.22. The van der Waals surface area contributed by atoms with Gasteiger partial charge in [-0.15, -0.1) is 12.4 Å². The summed E-state index contributed by atoms with van der Waals surface area (Å²) in [5, 5.41) is 14.7. The van der Waals surface area contributed by atoms with Crippen LogP contribution < -0.4 is 10.6 Å². The smallest absolute Gasteiger partial charge is 0.242 e. The molecule has 1 atom stereocenters. The van der Waals surface area contributed by atoms with E-state index in [1.54, 1.807) is 17.9 Å². The van der Waals surface area contributed by atoms with Crippen LogP contribution in [0.1, 0.15) is 28.6 Å². The summed E-state index contributed by atoms with van der Waals surface area (Å²) in [7, 11) is 3.60. The second-order valence-corrected chi connectivity index (χ2v) is 6.35. The molecule has 2 aromatic heterocycles. The van der Waals surface area contributed by atoms with Crippen LogP contribution in [0, 0.1) is 13.8 Å². The zero-order valence-electron chi connectivity index (χ0n) is 15.9. The zero-order chi connectivity index (χ0) is 18.7. The number of hydrogen-bond donors (Lipinski definition) is 2. The van der Waals surface area contributed by atoms with Crippen LogP contribution in [-0.4, -0.2) is 32.5 Å². The van der Waals surface area contributed by atoms with Crippen LogP contribution in [0.25, 0.3) is 5.69 Å². The fourth-order valence-corrected chi connectivity index (χ4v) is 3.06. The summed E-state index contributed by atoms with van der Waals surface area (Å²) in [6, 6.07) is 9.55. The molecule has 0 bridgehead atoms. The maximum Gasteiger partial charge on any atom is 0.242 e. The molecule has 0 aliphatic rings. The lowest BCUT2D eigenvalue weighted by Gasteiger charge is -2.16. The molecule has 0 aliphatic heterocycles. The van der Waals surface area contributed by atoms with Gasteiger partial charge < -0.3 is 10.6 Å². The van der Waals surface area contributed by atoms with Gasteiger partial charge in [-0.3, -0.25) is 9.48 Å². The van der Waals surface area contributed by atoms with Crippen molar-refractivity contribution >= 4 is 18.3 Å². The Morgan fingerprint density at radius 2 is 2.00 bits per heavy atom. The molecule has 2 heterocycles. The number of hydrogen-bond acceptors (Lipinski definition) is 4. The average molecular weight is 389 g/mol. The SMILES string of the molecule is CNC(C(=O)NCc1ccccc1-n1nc(C)cc1C)c1cnn(C)c1.Cl. The molecular weight excluding hydrogens is 364 g/mol. The Kier molecular flexibility index (Phi) is 6.76. The Morgan fingerprint density at radius 1 is 1.26 bits per heavy atom. The molecule has 0 fully saturated rings. The van der Waals surface area contributed by atoms with E-state index < -0.39 is 6.04 Å². The first-order chi connectivity index (χ1) is 12.5. The number of amides is 1. The third-order valence-corrected chi connectivity index (χ3v) is 4.29. The number of nitrogens with one attached hydrogen (secondary N) is 2. The summed E-state index contributed by atoms with van der Waals surface area (Å²) < 4.78 is 3.60. The molecule has 1 aromatic carbocycles. The normalized spacial score (nSPS) is 11.7. The number of benzene rings is 1. The largest absolute Gasteiger partial charge is 0.350 e. The molecule has 1 amide bonds. The minimum absolute atomic E-state index is 0. The molecule has 2 N–H and O–H groups in total. The number of halogens is 1. The molecule has 27 heavy (non-hydrogen) atoms. The Bertz CT molecular complexity index is 917. The first kappa shape index (κ1) is 20.7. The topological polar surface area (TPSA) is 76.8 Å². The van der Waals surface area contributed by atoms with Gasteiger partial charge in [0, 0.05) is 31.0 Å². The lowest BCUT2D eigenvalue weighted by atomic mass is 10.1. The van der Waals surface area contributed by atoms with E-state index >= 15 is 0 Å². The molecule has 8 heteroatoms. The molecule has 7 nitrogen and oxygen atoms in total. The van der Waals surface area contributed by atoms with Crippen LogP contribution in [0.15, 0.2) is 42.7 Å². The van der Waals surface area contributed by atoms with Gasteiger partial charge in [0.05, 0.1) is 17.6 Å². The van der Waals surface area contributed by atoms with Crippen LogP contribution in [-0.2, 0) is 18.4 Å². The maximum absolute atomic E-state index is 12.6. The highest BCUT2D eigenvalue weighted by Crippen LogP contribution is 2.18.